The molecule has 0 aliphatic heterocycles. The number of thioether (sulfide) groups is 1. The molecule has 0 spiro atoms. The highest BCUT2D eigenvalue weighted by Gasteiger charge is 2.15. The zero-order chi connectivity index (χ0) is 23.6. The molecule has 5 heteroatoms. The molecule has 0 heterocycles. The van der Waals surface area contributed by atoms with Gasteiger partial charge in [-0.05, 0) is 75.4 Å². The van der Waals surface area contributed by atoms with Crippen molar-refractivity contribution in [3.8, 4) is 11.5 Å². The zero-order valence-electron chi connectivity index (χ0n) is 19.5. The van der Waals surface area contributed by atoms with E-state index in [2.05, 4.69) is 20.1 Å². The van der Waals surface area contributed by atoms with Gasteiger partial charge in [0.25, 0.3) is 0 Å². The second kappa shape index (κ2) is 13.2. The van der Waals surface area contributed by atoms with Crippen LogP contribution < -0.4 is 4.74 Å². The summed E-state index contributed by atoms with van der Waals surface area (Å²) in [4.78, 5) is 12.7. The van der Waals surface area contributed by atoms with Gasteiger partial charge < -0.3 is 14.9 Å². The van der Waals surface area contributed by atoms with Crippen LogP contribution in [0.15, 0.2) is 42.3 Å². The van der Waals surface area contributed by atoms with Gasteiger partial charge in [-0.3, -0.25) is 4.79 Å². The maximum Gasteiger partial charge on any atom is 0.163 e. The predicted molar refractivity (Wildman–Crippen MR) is 131 cm³/mol. The van der Waals surface area contributed by atoms with E-state index < -0.39 is 6.10 Å². The predicted octanol–water partition coefficient (Wildman–Crippen LogP) is 6.58. The molecule has 2 N–H and O–H groups in total. The molecule has 2 aromatic rings. The molecule has 0 radical (unpaired) electrons. The van der Waals surface area contributed by atoms with Gasteiger partial charge in [0.2, 0.25) is 0 Å². The number of phenolic OH excluding ortho intramolecular Hbond substituents is 1. The number of Topliss-reactive ketones (excluding diaryl/α,β-unsaturated/α-hetero) is 1. The zero-order valence-corrected chi connectivity index (χ0v) is 20.3. The monoisotopic (exact) mass is 444 g/mol. The highest BCUT2D eigenvalue weighted by Crippen LogP contribution is 2.34. The molecule has 0 aliphatic carbocycles. The Balaban J connectivity index is 0.00000233. The normalized spacial score (nSPS) is 11.4. The van der Waals surface area contributed by atoms with E-state index in [1.54, 1.807) is 24.8 Å². The highest BCUT2D eigenvalue weighted by molar-refractivity contribution is 7.99. The highest BCUT2D eigenvalue weighted by atomic mass is 32.2. The van der Waals surface area contributed by atoms with Crippen molar-refractivity contribution >= 4 is 17.5 Å². The summed E-state index contributed by atoms with van der Waals surface area (Å²) in [6, 6.07) is 7.50. The Hall–Kier alpha value is -2.24. The van der Waals surface area contributed by atoms with Crippen LogP contribution in [0.1, 0.15) is 72.3 Å². The van der Waals surface area contributed by atoms with Crippen molar-refractivity contribution in [1.29, 1.82) is 0 Å². The number of hydrogen-bond acceptors (Lipinski definition) is 5. The summed E-state index contributed by atoms with van der Waals surface area (Å²) in [6.07, 6.45) is 2.04. The van der Waals surface area contributed by atoms with Gasteiger partial charge in [-0.2, -0.15) is 0 Å². The van der Waals surface area contributed by atoms with Gasteiger partial charge in [0.1, 0.15) is 11.5 Å². The Morgan fingerprint density at radius 2 is 1.84 bits per heavy atom. The third-order valence-electron chi connectivity index (χ3n) is 5.15. The average Bonchev–Trinajstić information content (AvgIpc) is 2.74. The van der Waals surface area contributed by atoms with E-state index in [0.29, 0.717) is 12.2 Å². The Bertz CT molecular complexity index is 874. The number of aliphatic hydroxyl groups is 1. The van der Waals surface area contributed by atoms with Crippen molar-refractivity contribution < 1.29 is 19.7 Å². The Kier molecular flexibility index (Phi) is 11.4. The largest absolute Gasteiger partial charge is 0.507 e. The molecule has 0 saturated carbocycles. The SMILES string of the molecule is C=C.CCCc1c(SCCCOc2ccc(C(C)O)c(C)c2C)ccc(C(C)=O)c1O. The molecule has 31 heavy (non-hydrogen) atoms. The first-order valence-electron chi connectivity index (χ1n) is 10.7. The van der Waals surface area contributed by atoms with Crippen LogP contribution in [0, 0.1) is 13.8 Å². The summed E-state index contributed by atoms with van der Waals surface area (Å²) < 4.78 is 5.95. The number of benzene rings is 2. The maximum absolute atomic E-state index is 11.7. The maximum atomic E-state index is 11.7. The van der Waals surface area contributed by atoms with Crippen LogP contribution in [0.2, 0.25) is 0 Å². The molecule has 0 bridgehead atoms. The summed E-state index contributed by atoms with van der Waals surface area (Å²) >= 11 is 1.69. The van der Waals surface area contributed by atoms with Crippen LogP contribution in [-0.2, 0) is 6.42 Å². The lowest BCUT2D eigenvalue weighted by Gasteiger charge is -2.16. The first-order valence-corrected chi connectivity index (χ1v) is 11.7. The van der Waals surface area contributed by atoms with Crippen LogP contribution in [0.3, 0.4) is 0 Å². The fourth-order valence-electron chi connectivity index (χ4n) is 3.38. The van der Waals surface area contributed by atoms with Gasteiger partial charge in [0.05, 0.1) is 18.3 Å². The number of phenols is 1. The first-order chi connectivity index (χ1) is 14.8. The second-order valence-electron chi connectivity index (χ2n) is 7.37. The van der Waals surface area contributed by atoms with Gasteiger partial charge in [-0.25, -0.2) is 0 Å². The summed E-state index contributed by atoms with van der Waals surface area (Å²) in [5.41, 5.74) is 4.32. The third kappa shape index (κ3) is 7.15. The lowest BCUT2D eigenvalue weighted by molar-refractivity contribution is 0.101. The molecule has 170 valence electrons. The molecule has 0 fully saturated rings. The van der Waals surface area contributed by atoms with Crippen LogP contribution in [0.4, 0.5) is 0 Å². The van der Waals surface area contributed by atoms with Gasteiger partial charge in [0.15, 0.2) is 5.78 Å². The van der Waals surface area contributed by atoms with Gasteiger partial charge >= 0.3 is 0 Å². The van der Waals surface area contributed by atoms with Crippen molar-refractivity contribution in [3.63, 3.8) is 0 Å². The van der Waals surface area contributed by atoms with Crippen molar-refractivity contribution in [1.82, 2.24) is 0 Å². The Morgan fingerprint density at radius 3 is 2.42 bits per heavy atom. The van der Waals surface area contributed by atoms with Gasteiger partial charge in [-0.15, -0.1) is 24.9 Å². The average molecular weight is 445 g/mol. The molecule has 0 aliphatic rings. The van der Waals surface area contributed by atoms with Gasteiger partial charge in [0, 0.05) is 16.2 Å². The van der Waals surface area contributed by atoms with E-state index in [1.165, 1.54) is 6.92 Å². The second-order valence-corrected chi connectivity index (χ2v) is 8.51. The minimum absolute atomic E-state index is 0.114. The third-order valence-corrected chi connectivity index (χ3v) is 6.34. The van der Waals surface area contributed by atoms with E-state index in [9.17, 15) is 15.0 Å². The molecular weight excluding hydrogens is 408 g/mol. The Morgan fingerprint density at radius 1 is 1.16 bits per heavy atom. The van der Waals surface area contributed by atoms with E-state index in [1.807, 2.05) is 32.0 Å². The number of carbonyl (C=O) groups is 1. The number of ether oxygens (including phenoxy) is 1. The quantitative estimate of drug-likeness (QED) is 0.187. The standard InChI is InChI=1S/C24H32O4S.C2H4/c1-6-8-21-23(12-10-20(18(5)26)24(21)27)29-14-7-13-28-22-11-9-19(17(4)25)15(2)16(22)3;1-2/h9-12,17,25,27H,6-8,13-14H2,1-5H3;1-2H2. The number of rotatable bonds is 10. The Labute approximate surface area is 191 Å². The van der Waals surface area contributed by atoms with Crippen molar-refractivity contribution in [2.45, 2.75) is 64.9 Å². The number of ketones is 1. The molecule has 0 amide bonds. The topological polar surface area (TPSA) is 66.8 Å². The number of aliphatic hydroxyl groups excluding tert-OH is 1. The smallest absolute Gasteiger partial charge is 0.163 e. The van der Waals surface area contributed by atoms with E-state index in [4.69, 9.17) is 4.74 Å². The lowest BCUT2D eigenvalue weighted by atomic mass is 9.99. The van der Waals surface area contributed by atoms with E-state index >= 15 is 0 Å². The molecule has 1 unspecified atom stereocenters. The number of carbonyl (C=O) groups excluding carboxylic acids is 1. The van der Waals surface area contributed by atoms with Gasteiger partial charge in [-0.1, -0.05) is 19.4 Å². The van der Waals surface area contributed by atoms with Crippen LogP contribution in [0.5, 0.6) is 11.5 Å². The van der Waals surface area contributed by atoms with Crippen LogP contribution >= 0.6 is 11.8 Å². The van der Waals surface area contributed by atoms with E-state index in [0.717, 1.165) is 57.9 Å². The number of hydrogen-bond donors (Lipinski definition) is 2. The molecule has 2 rings (SSSR count). The molecular formula is C26H36O4S. The minimum atomic E-state index is -0.484. The van der Waals surface area contributed by atoms with E-state index in [-0.39, 0.29) is 11.5 Å². The summed E-state index contributed by atoms with van der Waals surface area (Å²) in [5.74, 6) is 1.73. The van der Waals surface area contributed by atoms with Crippen LogP contribution in [0.25, 0.3) is 0 Å². The van der Waals surface area contributed by atoms with Crippen molar-refractivity contribution in [2.24, 2.45) is 0 Å². The molecule has 4 nitrogen and oxygen atoms in total. The van der Waals surface area contributed by atoms with Crippen molar-refractivity contribution in [2.75, 3.05) is 12.4 Å². The summed E-state index contributed by atoms with van der Waals surface area (Å²) in [5, 5.41) is 20.3. The molecule has 0 saturated heterocycles. The van der Waals surface area contributed by atoms with Crippen molar-refractivity contribution in [3.05, 3.63) is 65.2 Å². The minimum Gasteiger partial charge on any atom is -0.507 e. The number of aromatic hydroxyl groups is 1. The fraction of sp³-hybridized carbons (Fsp3) is 0.423. The first kappa shape index (κ1) is 26.8. The molecule has 0 aromatic heterocycles. The summed E-state index contributed by atoms with van der Waals surface area (Å²) in [6.45, 7) is 15.9. The van der Waals surface area contributed by atoms with Crippen LogP contribution in [-0.4, -0.2) is 28.4 Å². The fourth-order valence-corrected chi connectivity index (χ4v) is 4.40. The lowest BCUT2D eigenvalue weighted by Crippen LogP contribution is -2.04. The summed E-state index contributed by atoms with van der Waals surface area (Å²) in [7, 11) is 0. The molecule has 2 aromatic carbocycles. The molecule has 1 atom stereocenters.